The number of carbonyl (C=O) groups excluding carboxylic acids is 1. The first-order valence-electron chi connectivity index (χ1n) is 4.47. The van der Waals surface area contributed by atoms with Crippen molar-refractivity contribution in [1.82, 2.24) is 5.32 Å². The van der Waals surface area contributed by atoms with E-state index in [1.165, 1.54) is 0 Å². The monoisotopic (exact) mass is 273 g/mol. The van der Waals surface area contributed by atoms with Gasteiger partial charge in [-0.05, 0) is 30.0 Å². The Labute approximate surface area is 109 Å². The van der Waals surface area contributed by atoms with Crippen LogP contribution in [0.3, 0.4) is 0 Å². The number of terminal acetylenes is 1. The van der Waals surface area contributed by atoms with Crippen LogP contribution < -0.4 is 5.32 Å². The highest BCUT2D eigenvalue weighted by molar-refractivity contribution is 8.13. The highest BCUT2D eigenvalue weighted by Gasteiger charge is 2.05. The van der Waals surface area contributed by atoms with Gasteiger partial charge in [0.25, 0.3) is 5.24 Å². The van der Waals surface area contributed by atoms with Crippen LogP contribution in [0.4, 0.5) is 4.79 Å². The molecule has 0 saturated heterocycles. The van der Waals surface area contributed by atoms with Gasteiger partial charge in [0.1, 0.15) is 0 Å². The van der Waals surface area contributed by atoms with Crippen LogP contribution in [-0.2, 0) is 0 Å². The van der Waals surface area contributed by atoms with Crippen molar-refractivity contribution >= 4 is 40.2 Å². The molecule has 0 unspecified atom stereocenters. The fourth-order valence-corrected chi connectivity index (χ4v) is 1.98. The number of hydrogen-bond acceptors (Lipinski definition) is 2. The lowest BCUT2D eigenvalue weighted by Crippen LogP contribution is -2.19. The molecule has 0 bridgehead atoms. The molecule has 84 valence electrons. The number of benzene rings is 1. The minimum absolute atomic E-state index is 0.159. The Morgan fingerprint density at radius 1 is 1.44 bits per heavy atom. The van der Waals surface area contributed by atoms with Gasteiger partial charge in [-0.2, -0.15) is 0 Å². The minimum Gasteiger partial charge on any atom is -0.346 e. The lowest BCUT2D eigenvalue weighted by molar-refractivity contribution is 0.261. The van der Waals surface area contributed by atoms with Crippen LogP contribution in [0.25, 0.3) is 0 Å². The Morgan fingerprint density at radius 3 is 2.81 bits per heavy atom. The maximum atomic E-state index is 11.4. The summed E-state index contributed by atoms with van der Waals surface area (Å²) < 4.78 is 0. The van der Waals surface area contributed by atoms with Crippen LogP contribution in [0.5, 0.6) is 0 Å². The summed E-state index contributed by atoms with van der Waals surface area (Å²) in [6, 6.07) is 5.04. The third-order valence-electron chi connectivity index (χ3n) is 1.64. The highest BCUT2D eigenvalue weighted by atomic mass is 35.5. The zero-order valence-corrected chi connectivity index (χ0v) is 10.6. The van der Waals surface area contributed by atoms with Gasteiger partial charge in [0.2, 0.25) is 0 Å². The molecule has 2 nitrogen and oxygen atoms in total. The number of halogens is 2. The summed E-state index contributed by atoms with van der Waals surface area (Å²) in [5.74, 6) is 2.44. The topological polar surface area (TPSA) is 29.1 Å². The summed E-state index contributed by atoms with van der Waals surface area (Å²) in [6.45, 7) is 0.476. The van der Waals surface area contributed by atoms with E-state index in [1.54, 1.807) is 18.2 Å². The molecule has 0 spiro atoms. The van der Waals surface area contributed by atoms with E-state index in [2.05, 4.69) is 11.2 Å². The molecular formula is C11H9Cl2NOS. The van der Waals surface area contributed by atoms with E-state index in [0.29, 0.717) is 23.0 Å². The van der Waals surface area contributed by atoms with Gasteiger partial charge >= 0.3 is 0 Å². The largest absolute Gasteiger partial charge is 0.346 e. The van der Waals surface area contributed by atoms with E-state index in [0.717, 1.165) is 16.7 Å². The normalized spacial score (nSPS) is 9.56. The molecule has 1 N–H and O–H groups in total. The third kappa shape index (κ3) is 4.36. The number of nitrogens with one attached hydrogen (secondary N) is 1. The second kappa shape index (κ2) is 6.70. The predicted octanol–water partition coefficient (Wildman–Crippen LogP) is 3.82. The maximum Gasteiger partial charge on any atom is 0.283 e. The number of thioether (sulfide) groups is 1. The zero-order valence-electron chi connectivity index (χ0n) is 8.30. The lowest BCUT2D eigenvalue weighted by Gasteiger charge is -2.03. The summed E-state index contributed by atoms with van der Waals surface area (Å²) in [4.78, 5) is 12.1. The molecule has 0 atom stereocenters. The van der Waals surface area contributed by atoms with E-state index in [9.17, 15) is 4.79 Å². The molecule has 0 aliphatic carbocycles. The predicted molar refractivity (Wildman–Crippen MR) is 69.2 cm³/mol. The van der Waals surface area contributed by atoms with Crippen molar-refractivity contribution in [2.45, 2.75) is 11.3 Å². The van der Waals surface area contributed by atoms with E-state index in [1.807, 2.05) is 0 Å². The molecule has 16 heavy (non-hydrogen) atoms. The van der Waals surface area contributed by atoms with Crippen LogP contribution in [0.2, 0.25) is 10.0 Å². The van der Waals surface area contributed by atoms with Gasteiger partial charge in [-0.15, -0.1) is 12.3 Å². The van der Waals surface area contributed by atoms with Crippen LogP contribution >= 0.6 is 35.0 Å². The van der Waals surface area contributed by atoms with E-state index >= 15 is 0 Å². The Hall–Kier alpha value is -0.820. The summed E-state index contributed by atoms with van der Waals surface area (Å²) in [7, 11) is 0. The van der Waals surface area contributed by atoms with Crippen molar-refractivity contribution in [3.05, 3.63) is 28.2 Å². The van der Waals surface area contributed by atoms with Crippen molar-refractivity contribution in [1.29, 1.82) is 0 Å². The number of carbonyl (C=O) groups is 1. The van der Waals surface area contributed by atoms with E-state index in [4.69, 9.17) is 29.6 Å². The molecule has 1 aromatic rings. The van der Waals surface area contributed by atoms with Crippen LogP contribution in [0.1, 0.15) is 6.42 Å². The summed E-state index contributed by atoms with van der Waals surface area (Å²) >= 11 is 12.6. The lowest BCUT2D eigenvalue weighted by atomic mass is 10.4. The summed E-state index contributed by atoms with van der Waals surface area (Å²) in [6.07, 6.45) is 5.59. The standard InChI is InChI=1S/C11H9Cl2NOS/c1-2-3-6-14-11(15)16-8-4-5-9(12)10(13)7-8/h1,4-5,7H,3,6H2,(H,14,15). The quantitative estimate of drug-likeness (QED) is 0.515. The van der Waals surface area contributed by atoms with Gasteiger partial charge in [0.15, 0.2) is 0 Å². The molecule has 0 aliphatic heterocycles. The Bertz CT molecular complexity index is 428. The molecular weight excluding hydrogens is 265 g/mol. The molecule has 0 aliphatic rings. The highest BCUT2D eigenvalue weighted by Crippen LogP contribution is 2.28. The van der Waals surface area contributed by atoms with Gasteiger partial charge < -0.3 is 5.32 Å². The van der Waals surface area contributed by atoms with Crippen LogP contribution in [-0.4, -0.2) is 11.8 Å². The Kier molecular flexibility index (Phi) is 5.54. The second-order valence-electron chi connectivity index (χ2n) is 2.85. The number of rotatable bonds is 3. The third-order valence-corrected chi connectivity index (χ3v) is 3.20. The molecule has 1 aromatic carbocycles. The first-order chi connectivity index (χ1) is 7.63. The van der Waals surface area contributed by atoms with Crippen molar-refractivity contribution in [2.75, 3.05) is 6.54 Å². The number of hydrogen-bond donors (Lipinski definition) is 1. The first kappa shape index (κ1) is 13.2. The molecule has 1 rings (SSSR count). The first-order valence-corrected chi connectivity index (χ1v) is 6.05. The molecule has 0 heterocycles. The van der Waals surface area contributed by atoms with E-state index < -0.39 is 0 Å². The van der Waals surface area contributed by atoms with Crippen LogP contribution in [0, 0.1) is 12.3 Å². The molecule has 1 amide bonds. The SMILES string of the molecule is C#CCCNC(=O)Sc1ccc(Cl)c(Cl)c1. The molecule has 5 heteroatoms. The van der Waals surface area contributed by atoms with Crippen molar-refractivity contribution in [2.24, 2.45) is 0 Å². The maximum absolute atomic E-state index is 11.4. The number of amides is 1. The van der Waals surface area contributed by atoms with Crippen molar-refractivity contribution in [3.63, 3.8) is 0 Å². The smallest absolute Gasteiger partial charge is 0.283 e. The van der Waals surface area contributed by atoms with Crippen molar-refractivity contribution in [3.8, 4) is 12.3 Å². The van der Waals surface area contributed by atoms with Gasteiger partial charge in [-0.25, -0.2) is 0 Å². The van der Waals surface area contributed by atoms with Gasteiger partial charge in [0.05, 0.1) is 10.0 Å². The summed E-state index contributed by atoms with van der Waals surface area (Å²) in [5.41, 5.74) is 0. The zero-order chi connectivity index (χ0) is 12.0. The van der Waals surface area contributed by atoms with Crippen LogP contribution in [0.15, 0.2) is 23.1 Å². The van der Waals surface area contributed by atoms with Crippen molar-refractivity contribution < 1.29 is 4.79 Å². The summed E-state index contributed by atoms with van der Waals surface area (Å²) in [5, 5.41) is 3.42. The van der Waals surface area contributed by atoms with Gasteiger partial charge in [-0.3, -0.25) is 4.79 Å². The molecule has 0 radical (unpaired) electrons. The van der Waals surface area contributed by atoms with E-state index in [-0.39, 0.29) is 5.24 Å². The fourth-order valence-electron chi connectivity index (χ4n) is 0.920. The average Bonchev–Trinajstić information content (AvgIpc) is 2.24. The fraction of sp³-hybridized carbons (Fsp3) is 0.182. The van der Waals surface area contributed by atoms with Gasteiger partial charge in [-0.1, -0.05) is 23.2 Å². The molecule has 0 aromatic heterocycles. The average molecular weight is 274 g/mol. The van der Waals surface area contributed by atoms with Gasteiger partial charge in [0, 0.05) is 17.9 Å². The Balaban J connectivity index is 2.50. The molecule has 0 saturated carbocycles. The minimum atomic E-state index is -0.159. The molecule has 0 fully saturated rings. The second-order valence-corrected chi connectivity index (χ2v) is 4.71. The Morgan fingerprint density at radius 2 is 2.19 bits per heavy atom.